The smallest absolute Gasteiger partial charge is 0.321 e. The average Bonchev–Trinajstić information content (AvgIpc) is 3.37. The molecular formula is C31H59N5O5. The second kappa shape index (κ2) is 19.5. The van der Waals surface area contributed by atoms with E-state index in [1.165, 1.54) is 6.42 Å². The van der Waals surface area contributed by atoms with Crippen LogP contribution in [0.1, 0.15) is 93.9 Å². The Balaban J connectivity index is 0.00000299. The minimum absolute atomic E-state index is 0.112. The van der Waals surface area contributed by atoms with E-state index in [1.54, 1.807) is 22.9 Å². The number of carboxylic acids is 1. The summed E-state index contributed by atoms with van der Waals surface area (Å²) < 4.78 is 0. The van der Waals surface area contributed by atoms with E-state index < -0.39 is 18.0 Å². The predicted molar refractivity (Wildman–Crippen MR) is 166 cm³/mol. The van der Waals surface area contributed by atoms with Gasteiger partial charge < -0.3 is 25.5 Å². The van der Waals surface area contributed by atoms with Crippen LogP contribution in [-0.4, -0.2) is 102 Å². The van der Waals surface area contributed by atoms with Crippen LogP contribution in [0.3, 0.4) is 0 Å². The lowest BCUT2D eigenvalue weighted by molar-refractivity contribution is -0.144. The minimum atomic E-state index is -0.918. The second-order valence-corrected chi connectivity index (χ2v) is 12.0. The largest absolute Gasteiger partial charge is 0.480 e. The van der Waals surface area contributed by atoms with E-state index in [4.69, 9.17) is 0 Å². The van der Waals surface area contributed by atoms with Crippen LogP contribution in [0, 0.1) is 11.3 Å². The highest BCUT2D eigenvalue weighted by molar-refractivity contribution is 5.84. The summed E-state index contributed by atoms with van der Waals surface area (Å²) in [5.41, 5.74) is -0.271. The number of carbonyl (C=O) groups excluding carboxylic acids is 3. The average molecular weight is 582 g/mol. The molecule has 4 atom stereocenters. The number of nitrogens with zero attached hydrogens (tertiary/aromatic N) is 3. The van der Waals surface area contributed by atoms with E-state index in [0.717, 1.165) is 25.7 Å². The van der Waals surface area contributed by atoms with Gasteiger partial charge in [0.2, 0.25) is 11.8 Å². The van der Waals surface area contributed by atoms with Gasteiger partial charge in [0.05, 0.1) is 12.6 Å². The first-order valence-electron chi connectivity index (χ1n) is 15.4. The van der Waals surface area contributed by atoms with Crippen molar-refractivity contribution in [2.24, 2.45) is 11.3 Å². The number of amides is 4. The molecule has 10 nitrogen and oxygen atoms in total. The molecule has 10 heteroatoms. The van der Waals surface area contributed by atoms with Gasteiger partial charge in [-0.15, -0.1) is 6.58 Å². The SMILES string of the molecule is C=CC(C)C(C(=O)O)N(C)C[C@@H]1CCCN1C(=O)CNC(=O)NC(CN1CCCCC1=O)C(C)(C)C.CC.CCC. The number of rotatable bonds is 11. The summed E-state index contributed by atoms with van der Waals surface area (Å²) in [6, 6.07) is -1.53. The van der Waals surface area contributed by atoms with Crippen molar-refractivity contribution in [3.63, 3.8) is 0 Å². The summed E-state index contributed by atoms with van der Waals surface area (Å²) in [5, 5.41) is 15.3. The molecule has 0 saturated carbocycles. The Morgan fingerprint density at radius 1 is 1.15 bits per heavy atom. The molecular weight excluding hydrogens is 522 g/mol. The first-order chi connectivity index (χ1) is 19.3. The molecule has 0 bridgehead atoms. The Labute approximate surface area is 249 Å². The Bertz CT molecular complexity index is 828. The van der Waals surface area contributed by atoms with Gasteiger partial charge in [0, 0.05) is 38.6 Å². The summed E-state index contributed by atoms with van der Waals surface area (Å²) in [6.45, 7) is 21.8. The van der Waals surface area contributed by atoms with E-state index in [1.807, 2.05) is 46.4 Å². The molecule has 2 aliphatic heterocycles. The number of urea groups is 1. The van der Waals surface area contributed by atoms with Crippen molar-refractivity contribution in [1.82, 2.24) is 25.3 Å². The summed E-state index contributed by atoms with van der Waals surface area (Å²) in [4.78, 5) is 55.0. The molecule has 3 N–H and O–H groups in total. The predicted octanol–water partition coefficient (Wildman–Crippen LogP) is 4.35. The zero-order valence-corrected chi connectivity index (χ0v) is 27.3. The third kappa shape index (κ3) is 13.3. The van der Waals surface area contributed by atoms with Crippen LogP contribution in [0.5, 0.6) is 0 Å². The third-order valence-electron chi connectivity index (χ3n) is 7.37. The first kappa shape index (κ1) is 38.4. The third-order valence-corrected chi connectivity index (χ3v) is 7.37. The number of likely N-dealkylation sites (tertiary alicyclic amines) is 2. The zero-order valence-electron chi connectivity index (χ0n) is 27.3. The molecule has 238 valence electrons. The molecule has 0 aliphatic carbocycles. The monoisotopic (exact) mass is 581 g/mol. The molecule has 4 amide bonds. The second-order valence-electron chi connectivity index (χ2n) is 12.0. The quantitative estimate of drug-likeness (QED) is 0.312. The lowest BCUT2D eigenvalue weighted by Crippen LogP contribution is -2.56. The fourth-order valence-electron chi connectivity index (χ4n) is 5.02. The molecule has 0 radical (unpaired) electrons. The van der Waals surface area contributed by atoms with E-state index >= 15 is 0 Å². The van der Waals surface area contributed by atoms with Crippen LogP contribution in [0.15, 0.2) is 12.7 Å². The van der Waals surface area contributed by atoms with Crippen molar-refractivity contribution in [2.45, 2.75) is 112 Å². The lowest BCUT2D eigenvalue weighted by Gasteiger charge is -2.37. The number of nitrogens with one attached hydrogen (secondary N) is 2. The number of carboxylic acid groups (broad SMARTS) is 1. The lowest BCUT2D eigenvalue weighted by atomic mass is 9.86. The maximum atomic E-state index is 13.0. The summed E-state index contributed by atoms with van der Waals surface area (Å²) >= 11 is 0. The molecule has 3 unspecified atom stereocenters. The topological polar surface area (TPSA) is 122 Å². The Hall–Kier alpha value is -2.62. The highest BCUT2D eigenvalue weighted by atomic mass is 16.4. The van der Waals surface area contributed by atoms with Crippen LogP contribution in [0.4, 0.5) is 4.79 Å². The minimum Gasteiger partial charge on any atom is -0.480 e. The fourth-order valence-corrected chi connectivity index (χ4v) is 5.02. The van der Waals surface area contributed by atoms with Gasteiger partial charge in [0.15, 0.2) is 0 Å². The number of piperidine rings is 1. The van der Waals surface area contributed by atoms with Gasteiger partial charge in [0.1, 0.15) is 6.04 Å². The summed E-state index contributed by atoms with van der Waals surface area (Å²) in [7, 11) is 1.76. The Morgan fingerprint density at radius 2 is 1.76 bits per heavy atom. The molecule has 2 aliphatic rings. The first-order valence-corrected chi connectivity index (χ1v) is 15.4. The van der Waals surface area contributed by atoms with Crippen molar-refractivity contribution in [3.8, 4) is 0 Å². The van der Waals surface area contributed by atoms with Crippen molar-refractivity contribution >= 4 is 23.8 Å². The molecule has 2 saturated heterocycles. The molecule has 2 fully saturated rings. The van der Waals surface area contributed by atoms with Crippen LogP contribution < -0.4 is 10.6 Å². The van der Waals surface area contributed by atoms with Crippen LogP contribution >= 0.6 is 0 Å². The van der Waals surface area contributed by atoms with Gasteiger partial charge in [-0.3, -0.25) is 19.3 Å². The molecule has 0 spiro atoms. The van der Waals surface area contributed by atoms with Gasteiger partial charge in [-0.05, 0) is 44.1 Å². The van der Waals surface area contributed by atoms with Crippen molar-refractivity contribution in [2.75, 3.05) is 39.8 Å². The molecule has 0 aromatic carbocycles. The standard InChI is InChI=1S/C26H45N5O5.C3H8.C2H6/c1-7-18(2)23(24(34)35)29(6)16-19-11-10-14-31(19)22(33)15-27-25(36)28-20(26(3,4)5)17-30-13-9-8-12-21(30)32;1-3-2;1-2/h7,18-20,23H,1,8-17H2,2-6H3,(H,34,35)(H2,27,28,36);3H2,1-2H3;1-2H3/t18?,19-,20?,23?;;/m0../s1. The van der Waals surface area contributed by atoms with E-state index in [0.29, 0.717) is 32.6 Å². The van der Waals surface area contributed by atoms with Gasteiger partial charge in [0.25, 0.3) is 0 Å². The number of hydrogen-bond acceptors (Lipinski definition) is 5. The van der Waals surface area contributed by atoms with Crippen molar-refractivity contribution in [3.05, 3.63) is 12.7 Å². The summed E-state index contributed by atoms with van der Waals surface area (Å²) in [6.07, 6.45) is 6.91. The number of hydrogen-bond donors (Lipinski definition) is 3. The normalized spacial score (nSPS) is 19.2. The van der Waals surface area contributed by atoms with E-state index in [2.05, 4.69) is 31.1 Å². The van der Waals surface area contributed by atoms with Crippen LogP contribution in [0.25, 0.3) is 0 Å². The Kier molecular flexibility index (Phi) is 18.2. The molecule has 2 rings (SSSR count). The van der Waals surface area contributed by atoms with Gasteiger partial charge in [-0.1, -0.05) is 67.9 Å². The summed E-state index contributed by atoms with van der Waals surface area (Å²) in [5.74, 6) is -1.23. The van der Waals surface area contributed by atoms with Gasteiger partial charge >= 0.3 is 12.0 Å². The highest BCUT2D eigenvalue weighted by Gasteiger charge is 2.35. The molecule has 0 aromatic rings. The number of aliphatic carboxylic acids is 1. The van der Waals surface area contributed by atoms with Crippen molar-refractivity contribution in [1.29, 1.82) is 0 Å². The number of carbonyl (C=O) groups is 4. The maximum Gasteiger partial charge on any atom is 0.321 e. The van der Waals surface area contributed by atoms with Crippen molar-refractivity contribution < 1.29 is 24.3 Å². The Morgan fingerprint density at radius 3 is 2.27 bits per heavy atom. The molecule has 0 aromatic heterocycles. The van der Waals surface area contributed by atoms with Crippen LogP contribution in [-0.2, 0) is 14.4 Å². The highest BCUT2D eigenvalue weighted by Crippen LogP contribution is 2.23. The van der Waals surface area contributed by atoms with E-state index in [9.17, 15) is 24.3 Å². The van der Waals surface area contributed by atoms with Gasteiger partial charge in [-0.25, -0.2) is 4.79 Å². The van der Waals surface area contributed by atoms with Crippen LogP contribution in [0.2, 0.25) is 0 Å². The fraction of sp³-hybridized carbons (Fsp3) is 0.806. The molecule has 2 heterocycles. The number of likely N-dealkylation sites (N-methyl/N-ethyl adjacent to an activating group) is 1. The van der Waals surface area contributed by atoms with Gasteiger partial charge in [-0.2, -0.15) is 0 Å². The zero-order chi connectivity index (χ0) is 31.8. The molecule has 41 heavy (non-hydrogen) atoms. The maximum absolute atomic E-state index is 13.0. The van der Waals surface area contributed by atoms with E-state index in [-0.39, 0.29) is 41.8 Å².